The Bertz CT molecular complexity index is 866. The molecule has 8 heteroatoms. The minimum Gasteiger partial charge on any atom is -0.376 e. The van der Waals surface area contributed by atoms with Crippen LogP contribution in [0.15, 0.2) is 59.6 Å². The van der Waals surface area contributed by atoms with Gasteiger partial charge in [0.25, 0.3) is 0 Å². The van der Waals surface area contributed by atoms with Gasteiger partial charge in [0.1, 0.15) is 5.83 Å². The lowest BCUT2D eigenvalue weighted by molar-refractivity contribution is -0.118. The third-order valence-electron chi connectivity index (χ3n) is 6.01. The first-order valence-corrected chi connectivity index (χ1v) is 14.9. The normalized spacial score (nSPS) is 19.1. The summed E-state index contributed by atoms with van der Waals surface area (Å²) in [4.78, 5) is 17.5. The van der Waals surface area contributed by atoms with Crippen molar-refractivity contribution in [1.29, 1.82) is 0 Å². The van der Waals surface area contributed by atoms with Gasteiger partial charge in [-0.2, -0.15) is 0 Å². The van der Waals surface area contributed by atoms with Gasteiger partial charge in [-0.3, -0.25) is 9.18 Å². The molecule has 3 N–H and O–H groups in total. The van der Waals surface area contributed by atoms with Crippen LogP contribution in [0.25, 0.3) is 0 Å². The van der Waals surface area contributed by atoms with E-state index in [1.165, 1.54) is 30.0 Å². The predicted molar refractivity (Wildman–Crippen MR) is 172 cm³/mol. The van der Waals surface area contributed by atoms with Gasteiger partial charge in [-0.05, 0) is 65.3 Å². The molecule has 0 aromatic heterocycles. The lowest BCUT2D eigenvalue weighted by atomic mass is 10.0. The van der Waals surface area contributed by atoms with E-state index in [9.17, 15) is 13.6 Å². The largest absolute Gasteiger partial charge is 0.376 e. The van der Waals surface area contributed by atoms with Crippen molar-refractivity contribution in [3.05, 3.63) is 59.6 Å². The van der Waals surface area contributed by atoms with E-state index in [-0.39, 0.29) is 17.2 Å². The standard InChI is InChI=1S/C22H37FN4OS.C5H7F.C3H8.C2H2/c1-15(13-23)22(28)18(4)29-21(12-16(2)24)25-19-6-8-20(9-7-19)27-11-10-26(5)17(3)14-27;1-3-4-5(2)6;1-3-2;1-2/h6,8,15-17,21,25H,4,7,9-14,24H2,1-3,5H3;3-4H,2H2,1H3;3H2,1-2H3;1-2H/b;4-3-;;/t15-,16?,17?,21?;;;/m1.../s1. The van der Waals surface area contributed by atoms with Crippen LogP contribution in [0.4, 0.5) is 8.78 Å². The highest BCUT2D eigenvalue weighted by atomic mass is 32.2. The van der Waals surface area contributed by atoms with Gasteiger partial charge in [-0.1, -0.05) is 58.2 Å². The number of nitrogens with two attached hydrogens (primary N) is 1. The van der Waals surface area contributed by atoms with Gasteiger partial charge < -0.3 is 20.9 Å². The maximum Gasteiger partial charge on any atom is 0.174 e. The number of carbonyl (C=O) groups is 1. The second kappa shape index (κ2) is 23.4. The summed E-state index contributed by atoms with van der Waals surface area (Å²) in [6.07, 6.45) is 19.1. The Morgan fingerprint density at radius 2 is 1.85 bits per heavy atom. The van der Waals surface area contributed by atoms with E-state index < -0.39 is 18.4 Å². The summed E-state index contributed by atoms with van der Waals surface area (Å²) in [6, 6.07) is 0.554. The first-order valence-electron chi connectivity index (χ1n) is 14.0. The molecule has 2 rings (SSSR count). The Kier molecular flexibility index (Phi) is 23.3. The number of allylic oxidation sites excluding steroid dienone is 8. The zero-order valence-corrected chi connectivity index (χ0v) is 26.7. The maximum atomic E-state index is 12.8. The molecule has 0 spiro atoms. The lowest BCUT2D eigenvalue weighted by Gasteiger charge is -2.40. The van der Waals surface area contributed by atoms with Crippen LogP contribution in [-0.4, -0.2) is 66.4 Å². The smallest absolute Gasteiger partial charge is 0.174 e. The van der Waals surface area contributed by atoms with Crippen molar-refractivity contribution < 1.29 is 13.6 Å². The van der Waals surface area contributed by atoms with Crippen LogP contribution >= 0.6 is 11.8 Å². The second-order valence-electron chi connectivity index (χ2n) is 10.1. The Balaban J connectivity index is 0. The fourth-order valence-electron chi connectivity index (χ4n) is 3.76. The van der Waals surface area contributed by atoms with Crippen LogP contribution in [0.5, 0.6) is 0 Å². The third-order valence-corrected chi connectivity index (χ3v) is 7.09. The molecule has 0 amide bonds. The van der Waals surface area contributed by atoms with Crippen LogP contribution in [0, 0.1) is 18.8 Å². The minimum atomic E-state index is -0.659. The molecule has 0 radical (unpaired) electrons. The third kappa shape index (κ3) is 17.4. The summed E-state index contributed by atoms with van der Waals surface area (Å²) in [5.41, 5.74) is 8.55. The van der Waals surface area contributed by atoms with Crippen molar-refractivity contribution in [2.24, 2.45) is 11.7 Å². The highest BCUT2D eigenvalue weighted by Crippen LogP contribution is 2.28. The minimum absolute atomic E-state index is 0.0105. The molecule has 4 atom stereocenters. The molecule has 1 fully saturated rings. The summed E-state index contributed by atoms with van der Waals surface area (Å²) < 4.78 is 24.2. The molecule has 0 saturated carbocycles. The van der Waals surface area contributed by atoms with E-state index in [1.54, 1.807) is 19.9 Å². The zero-order valence-electron chi connectivity index (χ0n) is 25.9. The number of nitrogens with one attached hydrogen (secondary N) is 1. The van der Waals surface area contributed by atoms with Crippen molar-refractivity contribution in [2.45, 2.75) is 84.7 Å². The van der Waals surface area contributed by atoms with Crippen molar-refractivity contribution in [3.63, 3.8) is 0 Å². The van der Waals surface area contributed by atoms with Gasteiger partial charge >= 0.3 is 0 Å². The van der Waals surface area contributed by atoms with Gasteiger partial charge in [-0.15, -0.1) is 12.8 Å². The number of halogens is 2. The molecule has 3 unspecified atom stereocenters. The lowest BCUT2D eigenvalue weighted by Crippen LogP contribution is -2.49. The molecular weight excluding hydrogens is 526 g/mol. The predicted octanol–water partition coefficient (Wildman–Crippen LogP) is 6.97. The van der Waals surface area contributed by atoms with Gasteiger partial charge in [-0.25, -0.2) is 4.39 Å². The van der Waals surface area contributed by atoms with Crippen molar-refractivity contribution in [1.82, 2.24) is 15.1 Å². The monoisotopic (exact) mass is 580 g/mol. The van der Waals surface area contributed by atoms with Crippen LogP contribution in [0.3, 0.4) is 0 Å². The van der Waals surface area contributed by atoms with Gasteiger partial charge in [0.05, 0.1) is 12.0 Å². The van der Waals surface area contributed by atoms with Crippen molar-refractivity contribution in [3.8, 4) is 12.8 Å². The number of rotatable bonds is 11. The molecule has 40 heavy (non-hydrogen) atoms. The van der Waals surface area contributed by atoms with E-state index in [0.717, 1.165) is 38.2 Å². The van der Waals surface area contributed by atoms with Crippen LogP contribution < -0.4 is 11.1 Å². The molecule has 5 nitrogen and oxygen atoms in total. The topological polar surface area (TPSA) is 61.6 Å². The Hall–Kier alpha value is -2.34. The quantitative estimate of drug-likeness (QED) is 0.119. The second-order valence-corrected chi connectivity index (χ2v) is 11.4. The fourth-order valence-corrected chi connectivity index (χ4v) is 5.03. The summed E-state index contributed by atoms with van der Waals surface area (Å²) in [7, 11) is 2.18. The first-order chi connectivity index (χ1) is 18.9. The molecule has 1 aliphatic carbocycles. The molecule has 1 heterocycles. The van der Waals surface area contributed by atoms with Crippen molar-refractivity contribution in [2.75, 3.05) is 33.4 Å². The van der Waals surface area contributed by atoms with Crippen LogP contribution in [0.2, 0.25) is 0 Å². The summed E-state index contributed by atoms with van der Waals surface area (Å²) in [6.45, 7) is 21.2. The summed E-state index contributed by atoms with van der Waals surface area (Å²) in [5, 5.41) is 3.48. The maximum absolute atomic E-state index is 12.8. The number of nitrogens with zero attached hydrogens (tertiary/aromatic N) is 2. The number of carbonyl (C=O) groups excluding carboxylic acids is 1. The van der Waals surface area contributed by atoms with Gasteiger partial charge in [0, 0.05) is 53.9 Å². The molecule has 0 aromatic carbocycles. The van der Waals surface area contributed by atoms with E-state index >= 15 is 0 Å². The number of thioether (sulfide) groups is 1. The summed E-state index contributed by atoms with van der Waals surface area (Å²) in [5.74, 6) is -1.26. The van der Waals surface area contributed by atoms with Crippen LogP contribution in [-0.2, 0) is 4.79 Å². The van der Waals surface area contributed by atoms with E-state index in [0.29, 0.717) is 17.4 Å². The number of hydrogen-bond acceptors (Lipinski definition) is 6. The molecule has 0 bridgehead atoms. The Labute approximate surface area is 248 Å². The van der Waals surface area contributed by atoms with E-state index in [1.807, 2.05) is 6.92 Å². The summed E-state index contributed by atoms with van der Waals surface area (Å²) >= 11 is 1.37. The Morgan fingerprint density at radius 1 is 1.25 bits per heavy atom. The zero-order chi connectivity index (χ0) is 31.3. The highest BCUT2D eigenvalue weighted by molar-refractivity contribution is 8.04. The molecular formula is C32H54F2N4OS. The number of likely N-dealkylation sites (N-methyl/N-ethyl adjacent to an activating group) is 1. The number of Topliss-reactive ketones (excluding diaryl/α,β-unsaturated/α-hetero) is 1. The van der Waals surface area contributed by atoms with E-state index in [2.05, 4.69) is 81.1 Å². The van der Waals surface area contributed by atoms with Gasteiger partial charge in [0.2, 0.25) is 0 Å². The average molecular weight is 581 g/mol. The molecule has 2 aliphatic rings. The van der Waals surface area contributed by atoms with E-state index in [4.69, 9.17) is 5.73 Å². The number of terminal acetylenes is 1. The Morgan fingerprint density at radius 3 is 2.25 bits per heavy atom. The first kappa shape index (κ1) is 39.8. The SMILES string of the molecule is C#C.C=C(F)/C=C\C.C=C(SC(CC(C)N)NC1=CC=C(N2CCN(C)C(C)C2)CC1)C(=O)[C@H](C)CF.CCC. The van der Waals surface area contributed by atoms with Crippen molar-refractivity contribution >= 4 is 17.5 Å². The highest BCUT2D eigenvalue weighted by Gasteiger charge is 2.25. The number of alkyl halides is 1. The number of piperazine rings is 1. The molecule has 0 aromatic rings. The number of hydrogen-bond donors (Lipinski definition) is 2. The molecule has 1 saturated heterocycles. The van der Waals surface area contributed by atoms with Crippen LogP contribution in [0.1, 0.15) is 67.2 Å². The fraction of sp³-hybridized carbons (Fsp3) is 0.594. The molecule has 1 aliphatic heterocycles. The average Bonchev–Trinajstić information content (AvgIpc) is 2.91. The van der Waals surface area contributed by atoms with Gasteiger partial charge in [0.15, 0.2) is 5.78 Å². The number of ketones is 1. The molecule has 228 valence electrons.